The Labute approximate surface area is 126 Å². The van der Waals surface area contributed by atoms with E-state index in [9.17, 15) is 0 Å². The summed E-state index contributed by atoms with van der Waals surface area (Å²) < 4.78 is 1.01. The number of benzene rings is 1. The average molecular weight is 328 g/mol. The van der Waals surface area contributed by atoms with Crippen molar-refractivity contribution in [1.82, 2.24) is 9.97 Å². The minimum absolute atomic E-state index is 0.821. The lowest BCUT2D eigenvalue weighted by atomic mass is 10.1. The van der Waals surface area contributed by atoms with Crippen LogP contribution in [0.5, 0.6) is 0 Å². The summed E-state index contributed by atoms with van der Waals surface area (Å²) in [5, 5.41) is 4.47. The highest BCUT2D eigenvalue weighted by molar-refractivity contribution is 9.10. The molecule has 0 fully saturated rings. The summed E-state index contributed by atoms with van der Waals surface area (Å²) >= 11 is 3.46. The highest BCUT2D eigenvalue weighted by Gasteiger charge is 2.05. The monoisotopic (exact) mass is 327 g/mol. The maximum atomic E-state index is 4.61. The van der Waals surface area contributed by atoms with E-state index in [0.29, 0.717) is 0 Å². The van der Waals surface area contributed by atoms with Gasteiger partial charge in [0.25, 0.3) is 0 Å². The topological polar surface area (TPSA) is 37.8 Å². The molecule has 0 atom stereocenters. The molecule has 0 bridgehead atoms. The molecule has 4 heteroatoms. The third kappa shape index (κ3) is 2.51. The fourth-order valence-electron chi connectivity index (χ4n) is 2.10. The molecule has 0 spiro atoms. The van der Waals surface area contributed by atoms with Crippen molar-refractivity contribution < 1.29 is 0 Å². The van der Waals surface area contributed by atoms with Gasteiger partial charge in [0, 0.05) is 15.6 Å². The van der Waals surface area contributed by atoms with Gasteiger partial charge in [-0.1, -0.05) is 18.2 Å². The SMILES string of the molecule is Cc1ccc2cccc(Nc3ccc(Br)c(C)n3)c2n1. The van der Waals surface area contributed by atoms with Crippen LogP contribution in [0.4, 0.5) is 11.5 Å². The number of aromatic nitrogens is 2. The molecule has 0 amide bonds. The first-order chi connectivity index (χ1) is 9.63. The molecule has 3 rings (SSSR count). The molecular formula is C16H14BrN3. The highest BCUT2D eigenvalue weighted by Crippen LogP contribution is 2.25. The van der Waals surface area contributed by atoms with Crippen molar-refractivity contribution in [3.8, 4) is 0 Å². The quantitative estimate of drug-likeness (QED) is 0.737. The summed E-state index contributed by atoms with van der Waals surface area (Å²) in [7, 11) is 0. The number of pyridine rings is 2. The first-order valence-electron chi connectivity index (χ1n) is 6.40. The van der Waals surface area contributed by atoms with Gasteiger partial charge in [0.2, 0.25) is 0 Å². The van der Waals surface area contributed by atoms with Crippen molar-refractivity contribution in [3.05, 3.63) is 58.3 Å². The second-order valence-corrected chi connectivity index (χ2v) is 5.57. The molecule has 3 nitrogen and oxygen atoms in total. The number of para-hydroxylation sites is 1. The molecule has 0 radical (unpaired) electrons. The fourth-order valence-corrected chi connectivity index (χ4v) is 2.32. The van der Waals surface area contributed by atoms with Gasteiger partial charge < -0.3 is 5.32 Å². The third-order valence-corrected chi connectivity index (χ3v) is 3.98. The molecule has 20 heavy (non-hydrogen) atoms. The van der Waals surface area contributed by atoms with E-state index < -0.39 is 0 Å². The van der Waals surface area contributed by atoms with Crippen molar-refractivity contribution >= 4 is 38.3 Å². The number of nitrogens with one attached hydrogen (secondary N) is 1. The number of fused-ring (bicyclic) bond motifs is 1. The zero-order valence-corrected chi connectivity index (χ0v) is 12.9. The molecule has 100 valence electrons. The van der Waals surface area contributed by atoms with Crippen LogP contribution in [0.1, 0.15) is 11.4 Å². The standard InChI is InChI=1S/C16H14BrN3/c1-10-6-7-12-4-3-5-14(16(12)18-10)20-15-9-8-13(17)11(2)19-15/h3-9H,1-2H3,(H,19,20). The second kappa shape index (κ2) is 5.21. The van der Waals surface area contributed by atoms with Crippen LogP contribution in [0, 0.1) is 13.8 Å². The summed E-state index contributed by atoms with van der Waals surface area (Å²) in [6, 6.07) is 14.2. The minimum atomic E-state index is 0.821. The smallest absolute Gasteiger partial charge is 0.130 e. The van der Waals surface area contributed by atoms with Gasteiger partial charge in [0.15, 0.2) is 0 Å². The fraction of sp³-hybridized carbons (Fsp3) is 0.125. The molecule has 2 aromatic heterocycles. The van der Waals surface area contributed by atoms with Crippen molar-refractivity contribution in [2.24, 2.45) is 0 Å². The maximum Gasteiger partial charge on any atom is 0.130 e. The molecule has 0 aliphatic heterocycles. The number of anilines is 2. The predicted molar refractivity (Wildman–Crippen MR) is 86.4 cm³/mol. The van der Waals surface area contributed by atoms with E-state index in [1.54, 1.807) is 0 Å². The summed E-state index contributed by atoms with van der Waals surface area (Å²) in [5.41, 5.74) is 3.90. The van der Waals surface area contributed by atoms with Crippen LogP contribution in [-0.4, -0.2) is 9.97 Å². The number of hydrogen-bond acceptors (Lipinski definition) is 3. The Hall–Kier alpha value is -1.94. The van der Waals surface area contributed by atoms with Gasteiger partial charge in [-0.2, -0.15) is 0 Å². The highest BCUT2D eigenvalue weighted by atomic mass is 79.9. The van der Waals surface area contributed by atoms with Crippen molar-refractivity contribution in [2.45, 2.75) is 13.8 Å². The third-order valence-electron chi connectivity index (χ3n) is 3.14. The number of aryl methyl sites for hydroxylation is 2. The van der Waals surface area contributed by atoms with E-state index in [1.165, 1.54) is 0 Å². The average Bonchev–Trinajstić information content (AvgIpc) is 2.44. The Kier molecular flexibility index (Phi) is 3.40. The summed E-state index contributed by atoms with van der Waals surface area (Å²) in [6.07, 6.45) is 0. The van der Waals surface area contributed by atoms with Gasteiger partial charge in [-0.25, -0.2) is 4.98 Å². The van der Waals surface area contributed by atoms with Crippen LogP contribution in [0.25, 0.3) is 10.9 Å². The molecule has 3 aromatic rings. The number of rotatable bonds is 2. The van der Waals surface area contributed by atoms with E-state index in [2.05, 4.69) is 43.3 Å². The molecule has 0 aliphatic carbocycles. The molecular weight excluding hydrogens is 314 g/mol. The molecule has 0 saturated carbocycles. The van der Waals surface area contributed by atoms with Crippen molar-refractivity contribution in [1.29, 1.82) is 0 Å². The molecule has 0 saturated heterocycles. The zero-order valence-electron chi connectivity index (χ0n) is 11.3. The Morgan fingerprint density at radius 1 is 0.950 bits per heavy atom. The van der Waals surface area contributed by atoms with Gasteiger partial charge in [0.1, 0.15) is 5.82 Å². The maximum absolute atomic E-state index is 4.61. The van der Waals surface area contributed by atoms with Gasteiger partial charge in [-0.3, -0.25) is 4.98 Å². The number of nitrogens with zero attached hydrogens (tertiary/aromatic N) is 2. The largest absolute Gasteiger partial charge is 0.338 e. The van der Waals surface area contributed by atoms with E-state index in [4.69, 9.17) is 0 Å². The van der Waals surface area contributed by atoms with E-state index in [-0.39, 0.29) is 0 Å². The minimum Gasteiger partial charge on any atom is -0.338 e. The van der Waals surface area contributed by atoms with E-state index >= 15 is 0 Å². The van der Waals surface area contributed by atoms with Gasteiger partial charge in [-0.15, -0.1) is 0 Å². The molecule has 0 aliphatic rings. The Bertz CT molecular complexity index is 784. The lowest BCUT2D eigenvalue weighted by Crippen LogP contribution is -1.97. The van der Waals surface area contributed by atoms with Crippen LogP contribution in [-0.2, 0) is 0 Å². The number of halogens is 1. The van der Waals surface area contributed by atoms with Gasteiger partial charge in [0.05, 0.1) is 16.9 Å². The molecule has 2 heterocycles. The van der Waals surface area contributed by atoms with Crippen LogP contribution in [0.2, 0.25) is 0 Å². The summed E-state index contributed by atoms with van der Waals surface area (Å²) in [5.74, 6) is 0.821. The Balaban J connectivity index is 2.05. The van der Waals surface area contributed by atoms with Crippen LogP contribution < -0.4 is 5.32 Å². The van der Waals surface area contributed by atoms with E-state index in [0.717, 1.165) is 38.3 Å². The second-order valence-electron chi connectivity index (χ2n) is 4.72. The molecule has 1 N–H and O–H groups in total. The van der Waals surface area contributed by atoms with E-state index in [1.807, 2.05) is 44.2 Å². The first-order valence-corrected chi connectivity index (χ1v) is 7.19. The van der Waals surface area contributed by atoms with Crippen LogP contribution in [0.3, 0.4) is 0 Å². The summed E-state index contributed by atoms with van der Waals surface area (Å²) in [6.45, 7) is 3.97. The van der Waals surface area contributed by atoms with Gasteiger partial charge >= 0.3 is 0 Å². The number of hydrogen-bond donors (Lipinski definition) is 1. The normalized spacial score (nSPS) is 10.8. The van der Waals surface area contributed by atoms with Gasteiger partial charge in [-0.05, 0) is 54.0 Å². The Morgan fingerprint density at radius 3 is 2.60 bits per heavy atom. The lowest BCUT2D eigenvalue weighted by Gasteiger charge is -2.10. The Morgan fingerprint density at radius 2 is 1.80 bits per heavy atom. The molecule has 0 unspecified atom stereocenters. The molecule has 1 aromatic carbocycles. The predicted octanol–water partition coefficient (Wildman–Crippen LogP) is 4.75. The zero-order chi connectivity index (χ0) is 14.1. The summed E-state index contributed by atoms with van der Waals surface area (Å²) in [4.78, 5) is 9.12. The van der Waals surface area contributed by atoms with Crippen LogP contribution >= 0.6 is 15.9 Å². The van der Waals surface area contributed by atoms with Crippen molar-refractivity contribution in [3.63, 3.8) is 0 Å². The van der Waals surface area contributed by atoms with Crippen molar-refractivity contribution in [2.75, 3.05) is 5.32 Å². The lowest BCUT2D eigenvalue weighted by molar-refractivity contribution is 1.18. The van der Waals surface area contributed by atoms with Crippen LogP contribution in [0.15, 0.2) is 46.9 Å². The first kappa shape index (κ1) is 13.1.